The molecule has 0 bridgehead atoms. The maximum atomic E-state index is 10.6. The summed E-state index contributed by atoms with van der Waals surface area (Å²) in [4.78, 5) is 0. The summed E-state index contributed by atoms with van der Waals surface area (Å²) in [6, 6.07) is 5.58. The van der Waals surface area contributed by atoms with Gasteiger partial charge >= 0.3 is 0 Å². The quantitative estimate of drug-likeness (QED) is 0.774. The van der Waals surface area contributed by atoms with Crippen LogP contribution >= 0.6 is 0 Å². The van der Waals surface area contributed by atoms with Crippen molar-refractivity contribution in [1.82, 2.24) is 0 Å². The van der Waals surface area contributed by atoms with Gasteiger partial charge in [0.1, 0.15) is 11.5 Å². The van der Waals surface area contributed by atoms with Gasteiger partial charge in [0, 0.05) is 5.56 Å². The van der Waals surface area contributed by atoms with Gasteiger partial charge in [-0.25, -0.2) is 0 Å². The summed E-state index contributed by atoms with van der Waals surface area (Å²) in [6.45, 7) is 4.30. The van der Waals surface area contributed by atoms with Gasteiger partial charge < -0.3 is 14.6 Å². The molecule has 0 spiro atoms. The van der Waals surface area contributed by atoms with E-state index in [2.05, 4.69) is 13.8 Å². The number of hydrogen-bond acceptors (Lipinski definition) is 3. The highest BCUT2D eigenvalue weighted by Crippen LogP contribution is 2.36. The molecule has 0 radical (unpaired) electrons. The molecule has 3 heteroatoms. The third kappa shape index (κ3) is 4.13. The number of hydrogen-bond donors (Lipinski definition) is 1. The Morgan fingerprint density at radius 1 is 1.05 bits per heavy atom. The van der Waals surface area contributed by atoms with E-state index in [0.717, 1.165) is 42.7 Å². The average molecular weight is 266 g/mol. The van der Waals surface area contributed by atoms with E-state index in [1.807, 2.05) is 18.2 Å². The summed E-state index contributed by atoms with van der Waals surface area (Å²) >= 11 is 0. The van der Waals surface area contributed by atoms with Crippen LogP contribution in [0, 0.1) is 5.92 Å². The lowest BCUT2D eigenvalue weighted by Crippen LogP contribution is -2.13. The predicted octanol–water partition coefficient (Wildman–Crippen LogP) is 3.95. The molecule has 1 aromatic carbocycles. The summed E-state index contributed by atoms with van der Waals surface area (Å²) in [5.74, 6) is 1.75. The van der Waals surface area contributed by atoms with Crippen LogP contribution in [0.2, 0.25) is 0 Å². The average Bonchev–Trinajstić information content (AvgIpc) is 2.45. The maximum absolute atomic E-state index is 10.6. The van der Waals surface area contributed by atoms with Crippen LogP contribution in [0.25, 0.3) is 0 Å². The lowest BCUT2D eigenvalue weighted by Gasteiger charge is -2.24. The number of methoxy groups -OCH3 is 2. The smallest absolute Gasteiger partial charge is 0.124 e. The second-order valence-corrected chi connectivity index (χ2v) is 4.89. The van der Waals surface area contributed by atoms with Gasteiger partial charge in [0.05, 0.1) is 20.3 Å². The molecular formula is C16H26O3. The summed E-state index contributed by atoms with van der Waals surface area (Å²) in [5, 5.41) is 10.6. The molecule has 1 unspecified atom stereocenters. The molecule has 1 atom stereocenters. The van der Waals surface area contributed by atoms with Crippen molar-refractivity contribution >= 4 is 0 Å². The van der Waals surface area contributed by atoms with Gasteiger partial charge in [0.25, 0.3) is 0 Å². The largest absolute Gasteiger partial charge is 0.497 e. The molecule has 108 valence electrons. The molecule has 0 fully saturated rings. The lowest BCUT2D eigenvalue weighted by atomic mass is 9.88. The van der Waals surface area contributed by atoms with Crippen molar-refractivity contribution in [3.63, 3.8) is 0 Å². The number of ether oxygens (including phenoxy) is 2. The molecule has 0 heterocycles. The number of rotatable bonds is 8. The summed E-state index contributed by atoms with van der Waals surface area (Å²) in [5.41, 5.74) is 0.828. The molecule has 0 saturated carbocycles. The van der Waals surface area contributed by atoms with Crippen molar-refractivity contribution in [1.29, 1.82) is 0 Å². The first kappa shape index (κ1) is 15.8. The molecule has 0 aliphatic heterocycles. The molecule has 0 saturated heterocycles. The van der Waals surface area contributed by atoms with Crippen molar-refractivity contribution < 1.29 is 14.6 Å². The van der Waals surface area contributed by atoms with Gasteiger partial charge in [0.15, 0.2) is 0 Å². The van der Waals surface area contributed by atoms with E-state index in [1.54, 1.807) is 14.2 Å². The Balaban J connectivity index is 3.02. The molecule has 1 aromatic rings. The Morgan fingerprint density at radius 2 is 1.68 bits per heavy atom. The highest BCUT2D eigenvalue weighted by atomic mass is 16.5. The highest BCUT2D eigenvalue weighted by molar-refractivity contribution is 5.41. The topological polar surface area (TPSA) is 38.7 Å². The first-order chi connectivity index (χ1) is 9.17. The fourth-order valence-electron chi connectivity index (χ4n) is 2.53. The Kier molecular flexibility index (Phi) is 6.71. The van der Waals surface area contributed by atoms with Crippen LogP contribution in [-0.4, -0.2) is 19.3 Å². The molecule has 0 amide bonds. The second kappa shape index (κ2) is 8.05. The van der Waals surface area contributed by atoms with E-state index in [9.17, 15) is 5.11 Å². The zero-order valence-electron chi connectivity index (χ0n) is 12.5. The Hall–Kier alpha value is -1.22. The fourth-order valence-corrected chi connectivity index (χ4v) is 2.53. The molecule has 0 aromatic heterocycles. The summed E-state index contributed by atoms with van der Waals surface area (Å²) in [7, 11) is 3.26. The van der Waals surface area contributed by atoms with Gasteiger partial charge in [-0.15, -0.1) is 0 Å². The predicted molar refractivity (Wildman–Crippen MR) is 77.8 cm³/mol. The lowest BCUT2D eigenvalue weighted by molar-refractivity contribution is 0.0935. The van der Waals surface area contributed by atoms with Crippen LogP contribution in [0.15, 0.2) is 18.2 Å². The van der Waals surface area contributed by atoms with Crippen molar-refractivity contribution in [3.05, 3.63) is 23.8 Å². The first-order valence-corrected chi connectivity index (χ1v) is 7.07. The first-order valence-electron chi connectivity index (χ1n) is 7.07. The molecule has 0 aliphatic rings. The van der Waals surface area contributed by atoms with Crippen LogP contribution in [0.1, 0.15) is 51.2 Å². The van der Waals surface area contributed by atoms with E-state index in [-0.39, 0.29) is 5.92 Å². The SMILES string of the molecule is CCCC(CCC)C(O)c1cc(OC)ccc1OC. The zero-order chi connectivity index (χ0) is 14.3. The van der Waals surface area contributed by atoms with E-state index < -0.39 is 6.10 Å². The van der Waals surface area contributed by atoms with Crippen LogP contribution in [0.5, 0.6) is 11.5 Å². The minimum absolute atomic E-state index is 0.274. The third-order valence-corrected chi connectivity index (χ3v) is 3.52. The van der Waals surface area contributed by atoms with Crippen LogP contribution in [0.4, 0.5) is 0 Å². The van der Waals surface area contributed by atoms with Gasteiger partial charge in [0.2, 0.25) is 0 Å². The monoisotopic (exact) mass is 266 g/mol. The standard InChI is InChI=1S/C16H26O3/c1-5-7-12(8-6-2)16(17)14-11-13(18-3)9-10-15(14)19-4/h9-12,16-17H,5-8H2,1-4H3. The molecule has 1 N–H and O–H groups in total. The molecule has 0 aliphatic carbocycles. The Bertz CT molecular complexity index is 370. The Morgan fingerprint density at radius 3 is 2.16 bits per heavy atom. The minimum Gasteiger partial charge on any atom is -0.497 e. The Labute approximate surface area is 116 Å². The van der Waals surface area contributed by atoms with Crippen LogP contribution in [0.3, 0.4) is 0 Å². The molecule has 19 heavy (non-hydrogen) atoms. The molecule has 1 rings (SSSR count). The fraction of sp³-hybridized carbons (Fsp3) is 0.625. The van der Waals surface area contributed by atoms with Gasteiger partial charge in [-0.2, -0.15) is 0 Å². The molecule has 3 nitrogen and oxygen atoms in total. The summed E-state index contributed by atoms with van der Waals surface area (Å²) < 4.78 is 10.6. The third-order valence-electron chi connectivity index (χ3n) is 3.52. The van der Waals surface area contributed by atoms with Crippen LogP contribution in [-0.2, 0) is 0 Å². The van der Waals surface area contributed by atoms with Gasteiger partial charge in [-0.05, 0) is 37.0 Å². The maximum Gasteiger partial charge on any atom is 0.124 e. The highest BCUT2D eigenvalue weighted by Gasteiger charge is 2.23. The van der Waals surface area contributed by atoms with E-state index in [0.29, 0.717) is 0 Å². The van der Waals surface area contributed by atoms with E-state index >= 15 is 0 Å². The van der Waals surface area contributed by atoms with Crippen molar-refractivity contribution in [2.45, 2.75) is 45.6 Å². The van der Waals surface area contributed by atoms with Crippen molar-refractivity contribution in [2.24, 2.45) is 5.92 Å². The van der Waals surface area contributed by atoms with Crippen LogP contribution < -0.4 is 9.47 Å². The molecular weight excluding hydrogens is 240 g/mol. The van der Waals surface area contributed by atoms with E-state index in [4.69, 9.17) is 9.47 Å². The normalized spacial score (nSPS) is 12.5. The summed E-state index contributed by atoms with van der Waals surface area (Å²) in [6.07, 6.45) is 3.71. The minimum atomic E-state index is -0.495. The number of aliphatic hydroxyl groups is 1. The van der Waals surface area contributed by atoms with Gasteiger partial charge in [-0.3, -0.25) is 0 Å². The van der Waals surface area contributed by atoms with Crippen molar-refractivity contribution in [3.8, 4) is 11.5 Å². The van der Waals surface area contributed by atoms with Crippen molar-refractivity contribution in [2.75, 3.05) is 14.2 Å². The number of benzene rings is 1. The number of aliphatic hydroxyl groups excluding tert-OH is 1. The second-order valence-electron chi connectivity index (χ2n) is 4.89. The van der Waals surface area contributed by atoms with Gasteiger partial charge in [-0.1, -0.05) is 26.7 Å². The zero-order valence-corrected chi connectivity index (χ0v) is 12.5. The van der Waals surface area contributed by atoms with E-state index in [1.165, 1.54) is 0 Å².